The number of hydrogen-bond acceptors (Lipinski definition) is 5. The molecule has 0 amide bonds. The van der Waals surface area contributed by atoms with E-state index < -0.39 is 6.04 Å². The van der Waals surface area contributed by atoms with Crippen molar-refractivity contribution < 1.29 is 9.53 Å². The van der Waals surface area contributed by atoms with E-state index in [0.717, 1.165) is 0 Å². The average Bonchev–Trinajstić information content (AvgIpc) is 2.99. The lowest BCUT2D eigenvalue weighted by Gasteiger charge is -2.25. The molecule has 2 N–H and O–H groups in total. The molecule has 21 heavy (non-hydrogen) atoms. The first kappa shape index (κ1) is 20.2. The number of thioether (sulfide) groups is 1. The van der Waals surface area contributed by atoms with Crippen LogP contribution in [0.2, 0.25) is 0 Å². The average molecular weight is 330 g/mol. The van der Waals surface area contributed by atoms with E-state index in [1.54, 1.807) is 30.0 Å². The molecule has 0 fully saturated rings. The van der Waals surface area contributed by atoms with Crippen LogP contribution in [0.1, 0.15) is 45.4 Å². The Morgan fingerprint density at radius 3 is 2.43 bits per heavy atom. The first-order valence-corrected chi connectivity index (χ1v) is 9.31. The van der Waals surface area contributed by atoms with Gasteiger partial charge >= 0.3 is 5.97 Å². The summed E-state index contributed by atoms with van der Waals surface area (Å²) in [6.07, 6.45) is 3.89. The van der Waals surface area contributed by atoms with Gasteiger partial charge in [-0.15, -0.1) is 23.1 Å². The highest BCUT2D eigenvalue weighted by molar-refractivity contribution is 8.02. The predicted molar refractivity (Wildman–Crippen MR) is 94.9 cm³/mol. The lowest BCUT2D eigenvalue weighted by Crippen LogP contribution is -2.33. The normalized spacial score (nSPS) is 15.5. The fraction of sp³-hybridized carbons (Fsp3) is 0.562. The Morgan fingerprint density at radius 2 is 2.05 bits per heavy atom. The van der Waals surface area contributed by atoms with Gasteiger partial charge in [-0.3, -0.25) is 4.79 Å². The van der Waals surface area contributed by atoms with E-state index in [4.69, 9.17) is 10.5 Å². The lowest BCUT2D eigenvalue weighted by atomic mass is 10.0. The molecule has 0 spiro atoms. The van der Waals surface area contributed by atoms with Gasteiger partial charge in [0.2, 0.25) is 0 Å². The van der Waals surface area contributed by atoms with E-state index >= 15 is 0 Å². The number of carbonyl (C=O) groups excluding carboxylic acids is 1. The van der Waals surface area contributed by atoms with Crippen LogP contribution in [-0.4, -0.2) is 24.4 Å². The fourth-order valence-corrected chi connectivity index (χ4v) is 3.67. The standard InChI is InChI=1S/C14H21NO2S2.C2H6/c1-5-11(18-4)13(12-7-6-8-19-12)10(3)17-14(16)9(2)15;1-2/h5-10,13H,15H2,1-4H3;1-2H3/b11-5-;/t9-,10?,13?;/m0./s1. The first-order chi connectivity index (χ1) is 10.0. The van der Waals surface area contributed by atoms with Crippen LogP contribution in [0.25, 0.3) is 0 Å². The van der Waals surface area contributed by atoms with Crippen molar-refractivity contribution in [2.24, 2.45) is 5.73 Å². The molecule has 0 aliphatic carbocycles. The molecule has 0 saturated heterocycles. The zero-order valence-electron chi connectivity index (χ0n) is 13.8. The Hall–Kier alpha value is -0.780. The van der Waals surface area contributed by atoms with Gasteiger partial charge in [-0.25, -0.2) is 0 Å². The Kier molecular flexibility index (Phi) is 10.5. The topological polar surface area (TPSA) is 52.3 Å². The van der Waals surface area contributed by atoms with Gasteiger partial charge in [0.25, 0.3) is 0 Å². The van der Waals surface area contributed by atoms with Gasteiger partial charge in [0.1, 0.15) is 12.1 Å². The highest BCUT2D eigenvalue weighted by Gasteiger charge is 2.27. The van der Waals surface area contributed by atoms with Crippen molar-refractivity contribution in [3.8, 4) is 0 Å². The maximum absolute atomic E-state index is 11.7. The Morgan fingerprint density at radius 1 is 1.43 bits per heavy atom. The Bertz CT molecular complexity index is 427. The second-order valence-corrected chi connectivity index (χ2v) is 6.18. The van der Waals surface area contributed by atoms with E-state index in [-0.39, 0.29) is 18.0 Å². The van der Waals surface area contributed by atoms with Crippen LogP contribution in [-0.2, 0) is 9.53 Å². The highest BCUT2D eigenvalue weighted by atomic mass is 32.2. The molecule has 0 aliphatic rings. The number of carbonyl (C=O) groups is 1. The monoisotopic (exact) mass is 329 g/mol. The van der Waals surface area contributed by atoms with E-state index in [1.807, 2.05) is 45.4 Å². The van der Waals surface area contributed by atoms with Crippen LogP contribution in [0, 0.1) is 0 Å². The highest BCUT2D eigenvalue weighted by Crippen LogP contribution is 2.37. The third-order valence-corrected chi connectivity index (χ3v) is 4.74. The van der Waals surface area contributed by atoms with E-state index in [1.165, 1.54) is 9.78 Å². The largest absolute Gasteiger partial charge is 0.460 e. The van der Waals surface area contributed by atoms with E-state index in [2.05, 4.69) is 12.1 Å². The molecule has 5 heteroatoms. The minimum Gasteiger partial charge on any atom is -0.460 e. The molecule has 0 radical (unpaired) electrons. The Labute approximate surface area is 137 Å². The fourth-order valence-electron chi connectivity index (χ4n) is 1.85. The number of rotatable bonds is 6. The van der Waals surface area contributed by atoms with Crippen molar-refractivity contribution in [1.29, 1.82) is 0 Å². The molecular formula is C16H27NO2S2. The van der Waals surface area contributed by atoms with Gasteiger partial charge in [-0.05, 0) is 43.4 Å². The summed E-state index contributed by atoms with van der Waals surface area (Å²) in [4.78, 5) is 14.1. The van der Waals surface area contributed by atoms with Crippen LogP contribution in [0.4, 0.5) is 0 Å². The molecule has 120 valence electrons. The molecule has 1 aromatic heterocycles. The number of ether oxygens (including phenoxy) is 1. The summed E-state index contributed by atoms with van der Waals surface area (Å²) in [7, 11) is 0. The van der Waals surface area contributed by atoms with Crippen molar-refractivity contribution in [1.82, 2.24) is 0 Å². The summed E-state index contributed by atoms with van der Waals surface area (Å²) < 4.78 is 5.47. The zero-order valence-corrected chi connectivity index (χ0v) is 15.4. The van der Waals surface area contributed by atoms with Gasteiger partial charge in [-0.1, -0.05) is 26.0 Å². The van der Waals surface area contributed by atoms with Gasteiger partial charge in [0.05, 0.1) is 5.92 Å². The number of esters is 1. The first-order valence-electron chi connectivity index (χ1n) is 7.20. The minimum absolute atomic E-state index is 0.0858. The van der Waals surface area contributed by atoms with Gasteiger partial charge in [0, 0.05) is 4.88 Å². The second kappa shape index (κ2) is 10.9. The summed E-state index contributed by atoms with van der Waals surface area (Å²) >= 11 is 3.36. The molecule has 1 rings (SSSR count). The number of nitrogens with two attached hydrogens (primary N) is 1. The van der Waals surface area contributed by atoms with Gasteiger partial charge in [0.15, 0.2) is 0 Å². The smallest absolute Gasteiger partial charge is 0.322 e. The number of allylic oxidation sites excluding steroid dienone is 1. The molecule has 0 aliphatic heterocycles. The van der Waals surface area contributed by atoms with Crippen LogP contribution in [0.3, 0.4) is 0 Å². The maximum atomic E-state index is 11.7. The number of hydrogen-bond donors (Lipinski definition) is 1. The van der Waals surface area contributed by atoms with Gasteiger partial charge in [-0.2, -0.15) is 0 Å². The predicted octanol–water partition coefficient (Wildman–Crippen LogP) is 4.40. The molecular weight excluding hydrogens is 302 g/mol. The van der Waals surface area contributed by atoms with E-state index in [0.29, 0.717) is 0 Å². The molecule has 1 aromatic rings. The minimum atomic E-state index is -0.588. The number of thiophene rings is 1. The molecule has 0 saturated carbocycles. The Balaban J connectivity index is 0.00000191. The quantitative estimate of drug-likeness (QED) is 0.786. The molecule has 3 atom stereocenters. The molecule has 0 bridgehead atoms. The summed E-state index contributed by atoms with van der Waals surface area (Å²) in [5.74, 6) is -0.270. The molecule has 2 unspecified atom stereocenters. The van der Waals surface area contributed by atoms with Gasteiger partial charge < -0.3 is 10.5 Å². The third-order valence-electron chi connectivity index (χ3n) is 2.82. The van der Waals surface area contributed by atoms with Crippen molar-refractivity contribution >= 4 is 29.1 Å². The molecule has 1 heterocycles. The SMILES string of the molecule is C/C=C(\SC)C(c1cccs1)C(C)OC(=O)[C@H](C)N.CC. The van der Waals surface area contributed by atoms with Crippen molar-refractivity contribution in [2.75, 3.05) is 6.26 Å². The third kappa shape index (κ3) is 6.24. The summed E-state index contributed by atoms with van der Waals surface area (Å²) in [6.45, 7) is 9.57. The van der Waals surface area contributed by atoms with E-state index in [9.17, 15) is 4.79 Å². The van der Waals surface area contributed by atoms with Crippen molar-refractivity contribution in [3.63, 3.8) is 0 Å². The summed E-state index contributed by atoms with van der Waals surface area (Å²) in [5.41, 5.74) is 5.55. The lowest BCUT2D eigenvalue weighted by molar-refractivity contribution is -0.149. The summed E-state index contributed by atoms with van der Waals surface area (Å²) in [5, 5.41) is 2.04. The van der Waals surface area contributed by atoms with Crippen LogP contribution < -0.4 is 5.73 Å². The summed E-state index contributed by atoms with van der Waals surface area (Å²) in [6, 6.07) is 3.50. The molecule has 3 nitrogen and oxygen atoms in total. The second-order valence-electron chi connectivity index (χ2n) is 4.32. The van der Waals surface area contributed by atoms with Crippen molar-refractivity contribution in [3.05, 3.63) is 33.4 Å². The molecule has 0 aromatic carbocycles. The maximum Gasteiger partial charge on any atom is 0.322 e. The zero-order chi connectivity index (χ0) is 16.4. The van der Waals surface area contributed by atoms with Crippen LogP contribution in [0.15, 0.2) is 28.5 Å². The van der Waals surface area contributed by atoms with Crippen LogP contribution >= 0.6 is 23.1 Å². The van der Waals surface area contributed by atoms with Crippen LogP contribution in [0.5, 0.6) is 0 Å². The van der Waals surface area contributed by atoms with Crippen molar-refractivity contribution in [2.45, 2.75) is 52.7 Å².